The molecule has 0 unspecified atom stereocenters. The van der Waals surface area contributed by atoms with Gasteiger partial charge in [-0.1, -0.05) is 78.9 Å². The molecule has 7 nitrogen and oxygen atoms in total. The number of aromatic nitrogens is 7. The highest BCUT2D eigenvalue weighted by atomic mass is 15.0. The van der Waals surface area contributed by atoms with Crippen molar-refractivity contribution in [2.24, 2.45) is 0 Å². The summed E-state index contributed by atoms with van der Waals surface area (Å²) in [4.78, 5) is 23.7. The lowest BCUT2D eigenvalue weighted by Gasteiger charge is -2.09. The van der Waals surface area contributed by atoms with E-state index >= 15 is 0 Å². The van der Waals surface area contributed by atoms with Gasteiger partial charge in [0, 0.05) is 21.5 Å². The molecule has 0 spiro atoms. The van der Waals surface area contributed by atoms with Gasteiger partial charge in [-0.2, -0.15) is 0 Å². The fourth-order valence-corrected chi connectivity index (χ4v) is 6.22. The lowest BCUT2D eigenvalue weighted by Crippen LogP contribution is -2.00. The Hall–Kier alpha value is -6.21. The summed E-state index contributed by atoms with van der Waals surface area (Å²) in [6.07, 6.45) is 7.42. The standard InChI is InChI=1S/C37H23N7/c1-5-16-32-26(10-1)27-11-2-6-17-33(27)43(32)24-20-38-36(39-21-24)30-14-9-15-31(42-30)37-40-22-25(23-41-37)44-34-18-7-3-12-28(34)29-13-4-8-19-35(29)44/h1-23H. The lowest BCUT2D eigenvalue weighted by atomic mass is 10.2. The van der Waals surface area contributed by atoms with Crippen molar-refractivity contribution < 1.29 is 0 Å². The molecule has 7 heteroatoms. The predicted molar refractivity (Wildman–Crippen MR) is 175 cm³/mol. The molecule has 0 fully saturated rings. The van der Waals surface area contributed by atoms with Gasteiger partial charge in [-0.25, -0.2) is 24.9 Å². The van der Waals surface area contributed by atoms with Gasteiger partial charge in [0.2, 0.25) is 0 Å². The van der Waals surface area contributed by atoms with Crippen LogP contribution in [0, 0.1) is 0 Å². The number of pyridine rings is 1. The molecule has 9 aromatic rings. The minimum atomic E-state index is 0.540. The van der Waals surface area contributed by atoms with Crippen LogP contribution in [0.25, 0.3) is 78.0 Å². The number of fused-ring (bicyclic) bond motifs is 6. The predicted octanol–water partition coefficient (Wildman–Crippen LogP) is 8.19. The second kappa shape index (κ2) is 9.68. The Morgan fingerprint density at radius 3 is 1.00 bits per heavy atom. The van der Waals surface area contributed by atoms with Crippen LogP contribution in [0.15, 0.2) is 140 Å². The topological polar surface area (TPSA) is 74.3 Å². The fourth-order valence-electron chi connectivity index (χ4n) is 6.22. The Morgan fingerprint density at radius 2 is 0.659 bits per heavy atom. The van der Waals surface area contributed by atoms with E-state index in [1.54, 1.807) is 0 Å². The smallest absolute Gasteiger partial charge is 0.178 e. The molecule has 0 radical (unpaired) electrons. The average molecular weight is 566 g/mol. The summed E-state index contributed by atoms with van der Waals surface area (Å²) < 4.78 is 4.40. The number of benzene rings is 4. The van der Waals surface area contributed by atoms with Crippen LogP contribution < -0.4 is 0 Å². The van der Waals surface area contributed by atoms with Crippen molar-refractivity contribution in [1.82, 2.24) is 34.1 Å². The normalized spacial score (nSPS) is 11.6. The van der Waals surface area contributed by atoms with Gasteiger partial charge in [-0.15, -0.1) is 0 Å². The molecule has 0 atom stereocenters. The van der Waals surface area contributed by atoms with Gasteiger partial charge in [0.05, 0.1) is 58.2 Å². The molecule has 0 bridgehead atoms. The van der Waals surface area contributed by atoms with Crippen LogP contribution in [0.3, 0.4) is 0 Å². The highest BCUT2D eigenvalue weighted by Crippen LogP contribution is 2.33. The molecule has 0 saturated carbocycles. The fraction of sp³-hybridized carbons (Fsp3) is 0. The third-order valence-corrected chi connectivity index (χ3v) is 8.16. The summed E-state index contributed by atoms with van der Waals surface area (Å²) in [6, 6.07) is 39.3. The second-order valence-electron chi connectivity index (χ2n) is 10.7. The van der Waals surface area contributed by atoms with Gasteiger partial charge in [0.15, 0.2) is 11.6 Å². The molecular formula is C37H23N7. The number of nitrogens with zero attached hydrogens (tertiary/aromatic N) is 7. The van der Waals surface area contributed by atoms with Crippen LogP contribution in [0.4, 0.5) is 0 Å². The highest BCUT2D eigenvalue weighted by molar-refractivity contribution is 6.10. The molecule has 0 aliphatic carbocycles. The largest absolute Gasteiger partial charge is 0.306 e. The third-order valence-electron chi connectivity index (χ3n) is 8.16. The molecule has 0 amide bonds. The van der Waals surface area contributed by atoms with E-state index in [2.05, 4.69) is 106 Å². The Balaban J connectivity index is 1.06. The maximum atomic E-state index is 4.83. The van der Waals surface area contributed by atoms with Crippen LogP contribution in [0.2, 0.25) is 0 Å². The number of para-hydroxylation sites is 4. The van der Waals surface area contributed by atoms with Crippen LogP contribution >= 0.6 is 0 Å². The summed E-state index contributed by atoms with van der Waals surface area (Å²) in [5.74, 6) is 1.08. The van der Waals surface area contributed by atoms with Gasteiger partial charge in [-0.05, 0) is 36.4 Å². The maximum Gasteiger partial charge on any atom is 0.178 e. The van der Waals surface area contributed by atoms with E-state index in [9.17, 15) is 0 Å². The van der Waals surface area contributed by atoms with Crippen molar-refractivity contribution in [1.29, 1.82) is 0 Å². The molecule has 0 saturated heterocycles. The minimum absolute atomic E-state index is 0.540. The minimum Gasteiger partial charge on any atom is -0.306 e. The van der Waals surface area contributed by atoms with Gasteiger partial charge in [0.25, 0.3) is 0 Å². The monoisotopic (exact) mass is 565 g/mol. The van der Waals surface area contributed by atoms with Crippen molar-refractivity contribution in [3.8, 4) is 34.4 Å². The van der Waals surface area contributed by atoms with Crippen molar-refractivity contribution in [2.45, 2.75) is 0 Å². The summed E-state index contributed by atoms with van der Waals surface area (Å²) in [5, 5.41) is 4.80. The van der Waals surface area contributed by atoms with E-state index in [1.807, 2.05) is 43.0 Å². The zero-order valence-electron chi connectivity index (χ0n) is 23.4. The average Bonchev–Trinajstić information content (AvgIpc) is 3.62. The molecule has 0 aliphatic rings. The van der Waals surface area contributed by atoms with E-state index in [4.69, 9.17) is 24.9 Å². The molecule has 5 heterocycles. The van der Waals surface area contributed by atoms with E-state index in [0.717, 1.165) is 33.4 Å². The molecule has 0 aliphatic heterocycles. The molecule has 5 aromatic heterocycles. The van der Waals surface area contributed by atoms with Crippen LogP contribution in [0.5, 0.6) is 0 Å². The first-order valence-corrected chi connectivity index (χ1v) is 14.4. The lowest BCUT2D eigenvalue weighted by molar-refractivity contribution is 1.05. The van der Waals surface area contributed by atoms with Gasteiger partial charge in [0.1, 0.15) is 11.4 Å². The summed E-state index contributed by atoms with van der Waals surface area (Å²) in [7, 11) is 0. The number of hydrogen-bond acceptors (Lipinski definition) is 5. The van der Waals surface area contributed by atoms with E-state index < -0.39 is 0 Å². The Bertz CT molecular complexity index is 2210. The molecule has 4 aromatic carbocycles. The van der Waals surface area contributed by atoms with Crippen molar-refractivity contribution >= 4 is 43.6 Å². The summed E-state index contributed by atoms with van der Waals surface area (Å²) in [5.41, 5.74) is 7.58. The summed E-state index contributed by atoms with van der Waals surface area (Å²) >= 11 is 0. The van der Waals surface area contributed by atoms with Gasteiger partial charge >= 0.3 is 0 Å². The van der Waals surface area contributed by atoms with Crippen LogP contribution in [-0.4, -0.2) is 34.1 Å². The maximum absolute atomic E-state index is 4.83. The first kappa shape index (κ1) is 24.4. The molecule has 9 rings (SSSR count). The number of rotatable bonds is 4. The van der Waals surface area contributed by atoms with E-state index in [-0.39, 0.29) is 0 Å². The summed E-state index contributed by atoms with van der Waals surface area (Å²) in [6.45, 7) is 0. The zero-order valence-corrected chi connectivity index (χ0v) is 23.4. The Morgan fingerprint density at radius 1 is 0.341 bits per heavy atom. The molecular weight excluding hydrogens is 542 g/mol. The Labute approximate surface area is 251 Å². The van der Waals surface area contributed by atoms with Gasteiger partial charge < -0.3 is 9.13 Å². The Kier molecular flexibility index (Phi) is 5.36. The first-order chi connectivity index (χ1) is 21.8. The SMILES string of the molecule is c1cc(-c2ncc(-n3c4ccccc4c4ccccc43)cn2)nc(-c2ncc(-n3c4ccccc4c4ccccc43)cn2)c1. The number of hydrogen-bond donors (Lipinski definition) is 0. The van der Waals surface area contributed by atoms with Gasteiger partial charge in [-0.3, -0.25) is 0 Å². The van der Waals surface area contributed by atoms with E-state index in [0.29, 0.717) is 23.0 Å². The van der Waals surface area contributed by atoms with Crippen LogP contribution in [0.1, 0.15) is 0 Å². The molecule has 206 valence electrons. The zero-order chi connectivity index (χ0) is 29.0. The quantitative estimate of drug-likeness (QED) is 0.215. The van der Waals surface area contributed by atoms with Crippen LogP contribution in [-0.2, 0) is 0 Å². The first-order valence-electron chi connectivity index (χ1n) is 14.4. The third kappa shape index (κ3) is 3.73. The molecule has 0 N–H and O–H groups in total. The van der Waals surface area contributed by atoms with Crippen molar-refractivity contribution in [2.75, 3.05) is 0 Å². The van der Waals surface area contributed by atoms with E-state index in [1.165, 1.54) is 21.5 Å². The highest BCUT2D eigenvalue weighted by Gasteiger charge is 2.15. The second-order valence-corrected chi connectivity index (χ2v) is 10.7. The van der Waals surface area contributed by atoms with Crippen molar-refractivity contribution in [3.05, 3.63) is 140 Å². The molecule has 44 heavy (non-hydrogen) atoms. The van der Waals surface area contributed by atoms with Crippen molar-refractivity contribution in [3.63, 3.8) is 0 Å².